The van der Waals surface area contributed by atoms with Crippen LogP contribution in [0.4, 0.5) is 0 Å². The van der Waals surface area contributed by atoms with E-state index >= 15 is 0 Å². The Morgan fingerprint density at radius 3 is 2.43 bits per heavy atom. The van der Waals surface area contributed by atoms with Gasteiger partial charge < -0.3 is 10.0 Å². The van der Waals surface area contributed by atoms with E-state index in [0.717, 1.165) is 42.3 Å². The molecule has 0 atom stereocenters. The van der Waals surface area contributed by atoms with Crippen LogP contribution in [0.5, 0.6) is 0 Å². The minimum absolute atomic E-state index is 0.0375. The summed E-state index contributed by atoms with van der Waals surface area (Å²) in [4.78, 5) is 25.7. The molecule has 1 heterocycles. The summed E-state index contributed by atoms with van der Waals surface area (Å²) in [7, 11) is 0. The molecule has 1 fully saturated rings. The van der Waals surface area contributed by atoms with Gasteiger partial charge in [-0.15, -0.1) is 11.8 Å². The van der Waals surface area contributed by atoms with Crippen molar-refractivity contribution in [1.29, 1.82) is 0 Å². The van der Waals surface area contributed by atoms with Gasteiger partial charge in [-0.25, -0.2) is 0 Å². The number of aliphatic carboxylic acids is 1. The molecular weight excluding hydrogens is 286 g/mol. The molecule has 1 aromatic carbocycles. The molecule has 1 saturated heterocycles. The Labute approximate surface area is 129 Å². The van der Waals surface area contributed by atoms with Crippen LogP contribution in [0.25, 0.3) is 0 Å². The van der Waals surface area contributed by atoms with Crippen LogP contribution in [0.1, 0.15) is 25.3 Å². The van der Waals surface area contributed by atoms with Crippen molar-refractivity contribution in [2.24, 2.45) is 5.92 Å². The zero-order chi connectivity index (χ0) is 15.2. The first-order valence-electron chi connectivity index (χ1n) is 7.26. The van der Waals surface area contributed by atoms with Crippen molar-refractivity contribution in [3.05, 3.63) is 29.8 Å². The highest BCUT2D eigenvalue weighted by Gasteiger charge is 2.20. The van der Waals surface area contributed by atoms with E-state index in [1.807, 2.05) is 29.2 Å². The fourth-order valence-corrected chi connectivity index (χ4v) is 3.17. The molecule has 1 amide bonds. The van der Waals surface area contributed by atoms with Gasteiger partial charge in [-0.1, -0.05) is 19.1 Å². The van der Waals surface area contributed by atoms with Crippen LogP contribution in [0.2, 0.25) is 0 Å². The molecule has 0 saturated carbocycles. The number of piperidine rings is 1. The van der Waals surface area contributed by atoms with Gasteiger partial charge in [-0.2, -0.15) is 0 Å². The molecule has 0 unspecified atom stereocenters. The number of likely N-dealkylation sites (tertiary alicyclic amines) is 1. The molecule has 21 heavy (non-hydrogen) atoms. The Morgan fingerprint density at radius 1 is 1.24 bits per heavy atom. The average molecular weight is 307 g/mol. The molecule has 0 aliphatic carbocycles. The van der Waals surface area contributed by atoms with Gasteiger partial charge in [0, 0.05) is 18.0 Å². The third-order valence-corrected chi connectivity index (χ3v) is 4.77. The van der Waals surface area contributed by atoms with E-state index < -0.39 is 5.97 Å². The molecule has 0 spiro atoms. The normalized spacial score (nSPS) is 16.0. The average Bonchev–Trinajstić information content (AvgIpc) is 2.46. The second-order valence-electron chi connectivity index (χ2n) is 5.57. The summed E-state index contributed by atoms with van der Waals surface area (Å²) in [5, 5.41) is 8.72. The number of amides is 1. The fourth-order valence-electron chi connectivity index (χ4n) is 2.37. The molecule has 2 rings (SSSR count). The maximum atomic E-state index is 12.1. The molecule has 0 aromatic heterocycles. The number of carbonyl (C=O) groups is 2. The monoisotopic (exact) mass is 307 g/mol. The Morgan fingerprint density at radius 2 is 1.86 bits per heavy atom. The molecule has 5 heteroatoms. The number of carbonyl (C=O) groups excluding carboxylic acids is 1. The lowest BCUT2D eigenvalue weighted by Crippen LogP contribution is -2.38. The minimum Gasteiger partial charge on any atom is -0.481 e. The van der Waals surface area contributed by atoms with E-state index in [4.69, 9.17) is 5.11 Å². The van der Waals surface area contributed by atoms with Gasteiger partial charge in [0.25, 0.3) is 0 Å². The van der Waals surface area contributed by atoms with Crippen LogP contribution in [-0.2, 0) is 16.0 Å². The van der Waals surface area contributed by atoms with E-state index in [1.54, 1.807) is 0 Å². The highest BCUT2D eigenvalue weighted by molar-refractivity contribution is 8.00. The summed E-state index contributed by atoms with van der Waals surface area (Å²) in [6.07, 6.45) is 2.23. The van der Waals surface area contributed by atoms with E-state index in [9.17, 15) is 9.59 Å². The summed E-state index contributed by atoms with van der Waals surface area (Å²) >= 11 is 1.51. The molecule has 0 radical (unpaired) electrons. The van der Waals surface area contributed by atoms with Crippen LogP contribution in [0.15, 0.2) is 29.2 Å². The molecule has 1 N–H and O–H groups in total. The number of hydrogen-bond acceptors (Lipinski definition) is 3. The van der Waals surface area contributed by atoms with Crippen LogP contribution in [-0.4, -0.2) is 40.7 Å². The maximum absolute atomic E-state index is 12.1. The zero-order valence-electron chi connectivity index (χ0n) is 12.2. The van der Waals surface area contributed by atoms with E-state index in [0.29, 0.717) is 5.75 Å². The topological polar surface area (TPSA) is 57.6 Å². The Balaban J connectivity index is 1.79. The number of carboxylic acids is 1. The van der Waals surface area contributed by atoms with Crippen molar-refractivity contribution < 1.29 is 14.7 Å². The lowest BCUT2D eigenvalue weighted by atomic mass is 9.99. The first-order chi connectivity index (χ1) is 10.0. The first-order valence-corrected chi connectivity index (χ1v) is 8.24. The number of rotatable bonds is 5. The van der Waals surface area contributed by atoms with Gasteiger partial charge in [0.05, 0.1) is 12.2 Å². The molecule has 4 nitrogen and oxygen atoms in total. The Hall–Kier alpha value is -1.49. The van der Waals surface area contributed by atoms with Crippen LogP contribution < -0.4 is 0 Å². The third kappa shape index (κ3) is 5.08. The van der Waals surface area contributed by atoms with Crippen molar-refractivity contribution in [2.75, 3.05) is 18.8 Å². The highest BCUT2D eigenvalue weighted by atomic mass is 32.2. The van der Waals surface area contributed by atoms with Crippen LogP contribution in [0, 0.1) is 5.92 Å². The van der Waals surface area contributed by atoms with E-state index in [2.05, 4.69) is 6.92 Å². The van der Waals surface area contributed by atoms with Crippen LogP contribution in [0.3, 0.4) is 0 Å². The van der Waals surface area contributed by atoms with Gasteiger partial charge in [-0.3, -0.25) is 9.59 Å². The van der Waals surface area contributed by atoms with Crippen LogP contribution >= 0.6 is 11.8 Å². The fraction of sp³-hybridized carbons (Fsp3) is 0.500. The number of thioether (sulfide) groups is 1. The molecule has 1 aliphatic heterocycles. The molecular formula is C16H21NO3S. The van der Waals surface area contributed by atoms with Gasteiger partial charge in [-0.05, 0) is 36.5 Å². The SMILES string of the molecule is CC1CCN(C(=O)CSc2ccc(CC(=O)O)cc2)CC1. The summed E-state index contributed by atoms with van der Waals surface area (Å²) in [5.41, 5.74) is 0.781. The number of nitrogens with zero attached hydrogens (tertiary/aromatic N) is 1. The lowest BCUT2D eigenvalue weighted by molar-refractivity contribution is -0.136. The van der Waals surface area contributed by atoms with Crippen molar-refractivity contribution in [1.82, 2.24) is 4.90 Å². The summed E-state index contributed by atoms with van der Waals surface area (Å²) < 4.78 is 0. The zero-order valence-corrected chi connectivity index (χ0v) is 13.1. The second-order valence-corrected chi connectivity index (χ2v) is 6.62. The molecule has 0 bridgehead atoms. The third-order valence-electron chi connectivity index (χ3n) is 3.78. The number of hydrogen-bond donors (Lipinski definition) is 1. The predicted molar refractivity (Wildman–Crippen MR) is 83.5 cm³/mol. The van der Waals surface area contributed by atoms with E-state index in [-0.39, 0.29) is 12.3 Å². The van der Waals surface area contributed by atoms with Crippen molar-refractivity contribution in [3.8, 4) is 0 Å². The predicted octanol–water partition coefficient (Wildman–Crippen LogP) is 2.66. The molecule has 1 aliphatic rings. The first kappa shape index (κ1) is 15.9. The lowest BCUT2D eigenvalue weighted by Gasteiger charge is -2.30. The van der Waals surface area contributed by atoms with Crippen molar-refractivity contribution in [2.45, 2.75) is 31.1 Å². The van der Waals surface area contributed by atoms with Gasteiger partial charge >= 0.3 is 5.97 Å². The quantitative estimate of drug-likeness (QED) is 0.850. The maximum Gasteiger partial charge on any atom is 0.307 e. The Kier molecular flexibility index (Phi) is 5.67. The number of benzene rings is 1. The summed E-state index contributed by atoms with van der Waals surface area (Å²) in [6.45, 7) is 3.98. The summed E-state index contributed by atoms with van der Waals surface area (Å²) in [5.74, 6) is 0.544. The highest BCUT2D eigenvalue weighted by Crippen LogP contribution is 2.21. The standard InChI is InChI=1S/C16H21NO3S/c1-12-6-8-17(9-7-12)15(18)11-21-14-4-2-13(3-5-14)10-16(19)20/h2-5,12H,6-11H2,1H3,(H,19,20). The Bertz CT molecular complexity index is 493. The summed E-state index contributed by atoms with van der Waals surface area (Å²) in [6, 6.07) is 7.38. The van der Waals surface area contributed by atoms with Crippen molar-refractivity contribution in [3.63, 3.8) is 0 Å². The minimum atomic E-state index is -0.829. The largest absolute Gasteiger partial charge is 0.481 e. The molecule has 114 valence electrons. The number of carboxylic acid groups (broad SMARTS) is 1. The molecule has 1 aromatic rings. The van der Waals surface area contributed by atoms with Gasteiger partial charge in [0.1, 0.15) is 0 Å². The van der Waals surface area contributed by atoms with Gasteiger partial charge in [0.15, 0.2) is 0 Å². The van der Waals surface area contributed by atoms with Crippen molar-refractivity contribution >= 4 is 23.6 Å². The smallest absolute Gasteiger partial charge is 0.307 e. The van der Waals surface area contributed by atoms with E-state index in [1.165, 1.54) is 11.8 Å². The van der Waals surface area contributed by atoms with Gasteiger partial charge in [0.2, 0.25) is 5.91 Å². The second kappa shape index (κ2) is 7.50.